The molecule has 22 heavy (non-hydrogen) atoms. The summed E-state index contributed by atoms with van der Waals surface area (Å²) in [6.45, 7) is 7.32. The summed E-state index contributed by atoms with van der Waals surface area (Å²) in [4.78, 5) is 18.2. The third-order valence-corrected chi connectivity index (χ3v) is 3.61. The normalized spacial score (nSPS) is 20.0. The first-order chi connectivity index (χ1) is 10.3. The predicted octanol–water partition coefficient (Wildman–Crippen LogP) is 1.06. The van der Waals surface area contributed by atoms with Crippen LogP contribution in [-0.4, -0.2) is 60.7 Å². The van der Waals surface area contributed by atoms with E-state index in [1.807, 2.05) is 13.8 Å². The SMILES string of the molecule is CCC(F)C1CNC1.CCC(F)C1CNC1.O=C(O)C(=O)O. The highest BCUT2D eigenvalue weighted by atomic mass is 19.1. The molecule has 8 heteroatoms. The molecule has 2 heterocycles. The van der Waals surface area contributed by atoms with E-state index >= 15 is 0 Å². The van der Waals surface area contributed by atoms with Gasteiger partial charge in [-0.15, -0.1) is 0 Å². The fourth-order valence-corrected chi connectivity index (χ4v) is 1.80. The minimum absolute atomic E-state index is 0.319. The van der Waals surface area contributed by atoms with Gasteiger partial charge in [-0.05, 0) is 12.8 Å². The first-order valence-corrected chi connectivity index (χ1v) is 7.49. The Balaban J connectivity index is 0.000000306. The molecule has 2 rings (SSSR count). The van der Waals surface area contributed by atoms with Gasteiger partial charge in [0.1, 0.15) is 12.3 Å². The molecular formula is C14H26F2N2O4. The zero-order valence-electron chi connectivity index (χ0n) is 13.0. The Kier molecular flexibility index (Phi) is 10.7. The van der Waals surface area contributed by atoms with E-state index in [4.69, 9.17) is 19.8 Å². The molecule has 4 N–H and O–H groups in total. The molecule has 0 aliphatic carbocycles. The van der Waals surface area contributed by atoms with Crippen LogP contribution in [0.15, 0.2) is 0 Å². The van der Waals surface area contributed by atoms with Gasteiger partial charge in [-0.1, -0.05) is 13.8 Å². The number of nitrogens with one attached hydrogen (secondary N) is 2. The standard InChI is InChI=1S/2C6H12FN.C2H2O4/c2*1-2-6(7)5-3-8-4-5;3-1(4)2(5)6/h2*5-6,8H,2-4H2,1H3;(H,3,4)(H,5,6). The number of hydrogen-bond acceptors (Lipinski definition) is 4. The number of aliphatic carboxylic acids is 2. The summed E-state index contributed by atoms with van der Waals surface area (Å²) in [7, 11) is 0. The first-order valence-electron chi connectivity index (χ1n) is 7.49. The second-order valence-corrected chi connectivity index (χ2v) is 5.30. The second kappa shape index (κ2) is 11.3. The molecule has 2 unspecified atom stereocenters. The number of carboxylic acid groups (broad SMARTS) is 2. The molecule has 2 saturated heterocycles. The molecule has 0 spiro atoms. The predicted molar refractivity (Wildman–Crippen MR) is 78.4 cm³/mol. The van der Waals surface area contributed by atoms with Crippen LogP contribution in [0.5, 0.6) is 0 Å². The van der Waals surface area contributed by atoms with E-state index in [0.717, 1.165) is 26.2 Å². The Hall–Kier alpha value is -1.28. The van der Waals surface area contributed by atoms with Crippen molar-refractivity contribution < 1.29 is 28.6 Å². The van der Waals surface area contributed by atoms with Gasteiger partial charge in [0.2, 0.25) is 0 Å². The number of hydrogen-bond donors (Lipinski definition) is 4. The highest BCUT2D eigenvalue weighted by Crippen LogP contribution is 2.15. The van der Waals surface area contributed by atoms with Gasteiger partial charge in [-0.3, -0.25) is 0 Å². The summed E-state index contributed by atoms with van der Waals surface area (Å²) < 4.78 is 25.1. The molecular weight excluding hydrogens is 298 g/mol. The molecule has 0 aromatic rings. The van der Waals surface area contributed by atoms with Crippen molar-refractivity contribution >= 4 is 11.9 Å². The molecule has 0 bridgehead atoms. The van der Waals surface area contributed by atoms with Crippen LogP contribution in [0.2, 0.25) is 0 Å². The van der Waals surface area contributed by atoms with Crippen molar-refractivity contribution in [1.82, 2.24) is 10.6 Å². The lowest BCUT2D eigenvalue weighted by Gasteiger charge is -2.29. The average Bonchev–Trinajstić information content (AvgIpc) is 2.35. The number of rotatable bonds is 4. The van der Waals surface area contributed by atoms with Gasteiger partial charge in [-0.25, -0.2) is 18.4 Å². The lowest BCUT2D eigenvalue weighted by molar-refractivity contribution is -0.159. The van der Waals surface area contributed by atoms with Crippen LogP contribution in [0, 0.1) is 11.8 Å². The molecule has 0 radical (unpaired) electrons. The molecule has 2 fully saturated rings. The maximum atomic E-state index is 12.5. The molecule has 0 amide bonds. The van der Waals surface area contributed by atoms with E-state index in [9.17, 15) is 8.78 Å². The van der Waals surface area contributed by atoms with Crippen molar-refractivity contribution in [3.05, 3.63) is 0 Å². The molecule has 2 aliphatic heterocycles. The van der Waals surface area contributed by atoms with Gasteiger partial charge >= 0.3 is 11.9 Å². The van der Waals surface area contributed by atoms with E-state index in [1.54, 1.807) is 0 Å². The quantitative estimate of drug-likeness (QED) is 0.577. The smallest absolute Gasteiger partial charge is 0.414 e. The Morgan fingerprint density at radius 1 is 0.909 bits per heavy atom. The van der Waals surface area contributed by atoms with Gasteiger partial charge in [-0.2, -0.15) is 0 Å². The van der Waals surface area contributed by atoms with Crippen molar-refractivity contribution in [2.24, 2.45) is 11.8 Å². The summed E-state index contributed by atoms with van der Waals surface area (Å²) in [5, 5.41) is 20.9. The fraction of sp³-hybridized carbons (Fsp3) is 0.857. The maximum absolute atomic E-state index is 12.5. The summed E-state index contributed by atoms with van der Waals surface area (Å²) in [5.41, 5.74) is 0. The third-order valence-electron chi connectivity index (χ3n) is 3.61. The Bertz CT molecular complexity index is 299. The number of carboxylic acids is 2. The monoisotopic (exact) mass is 324 g/mol. The van der Waals surface area contributed by atoms with Crippen LogP contribution >= 0.6 is 0 Å². The molecule has 130 valence electrons. The molecule has 6 nitrogen and oxygen atoms in total. The van der Waals surface area contributed by atoms with Gasteiger partial charge in [0.25, 0.3) is 0 Å². The highest BCUT2D eigenvalue weighted by Gasteiger charge is 2.25. The van der Waals surface area contributed by atoms with Crippen molar-refractivity contribution in [1.29, 1.82) is 0 Å². The summed E-state index contributed by atoms with van der Waals surface area (Å²) in [5.74, 6) is -3.01. The number of halogens is 2. The molecule has 2 atom stereocenters. The van der Waals surface area contributed by atoms with Crippen molar-refractivity contribution in [2.75, 3.05) is 26.2 Å². The first kappa shape index (κ1) is 20.7. The van der Waals surface area contributed by atoms with Crippen molar-refractivity contribution in [3.8, 4) is 0 Å². The van der Waals surface area contributed by atoms with Crippen LogP contribution in [0.1, 0.15) is 26.7 Å². The van der Waals surface area contributed by atoms with E-state index in [1.165, 1.54) is 0 Å². The Morgan fingerprint density at radius 2 is 1.18 bits per heavy atom. The minimum atomic E-state index is -1.82. The van der Waals surface area contributed by atoms with Crippen molar-refractivity contribution in [2.45, 2.75) is 39.0 Å². The van der Waals surface area contributed by atoms with Gasteiger partial charge in [0.15, 0.2) is 0 Å². The lowest BCUT2D eigenvalue weighted by Crippen LogP contribution is -2.46. The van der Waals surface area contributed by atoms with E-state index < -0.39 is 24.3 Å². The van der Waals surface area contributed by atoms with Crippen LogP contribution in [0.25, 0.3) is 0 Å². The molecule has 0 aromatic carbocycles. The summed E-state index contributed by atoms with van der Waals surface area (Å²) >= 11 is 0. The van der Waals surface area contributed by atoms with Crippen LogP contribution in [0.4, 0.5) is 8.78 Å². The largest absolute Gasteiger partial charge is 0.473 e. The molecule has 0 aromatic heterocycles. The fourth-order valence-electron chi connectivity index (χ4n) is 1.80. The second-order valence-electron chi connectivity index (χ2n) is 5.30. The minimum Gasteiger partial charge on any atom is -0.473 e. The van der Waals surface area contributed by atoms with Crippen LogP contribution < -0.4 is 10.6 Å². The summed E-state index contributed by atoms with van der Waals surface area (Å²) in [6, 6.07) is 0. The highest BCUT2D eigenvalue weighted by molar-refractivity contribution is 6.27. The Labute approximate surface area is 129 Å². The average molecular weight is 324 g/mol. The maximum Gasteiger partial charge on any atom is 0.414 e. The number of carbonyl (C=O) groups is 2. The van der Waals surface area contributed by atoms with Crippen molar-refractivity contribution in [3.63, 3.8) is 0 Å². The summed E-state index contributed by atoms with van der Waals surface area (Å²) in [6.07, 6.45) is 0.228. The van der Waals surface area contributed by atoms with Gasteiger partial charge in [0, 0.05) is 38.0 Å². The Morgan fingerprint density at radius 3 is 1.23 bits per heavy atom. The third kappa shape index (κ3) is 8.23. The van der Waals surface area contributed by atoms with Crippen LogP contribution in [0.3, 0.4) is 0 Å². The van der Waals surface area contributed by atoms with Gasteiger partial charge in [0.05, 0.1) is 0 Å². The zero-order valence-corrected chi connectivity index (χ0v) is 13.0. The van der Waals surface area contributed by atoms with E-state index in [0.29, 0.717) is 24.7 Å². The molecule has 2 aliphatic rings. The zero-order chi connectivity index (χ0) is 17.1. The van der Waals surface area contributed by atoms with E-state index in [2.05, 4.69) is 10.6 Å². The number of alkyl halides is 2. The molecule has 0 saturated carbocycles. The topological polar surface area (TPSA) is 98.7 Å². The van der Waals surface area contributed by atoms with E-state index in [-0.39, 0.29) is 0 Å². The van der Waals surface area contributed by atoms with Gasteiger partial charge < -0.3 is 20.8 Å². The lowest BCUT2D eigenvalue weighted by atomic mass is 9.96. The van der Waals surface area contributed by atoms with Crippen LogP contribution in [-0.2, 0) is 9.59 Å².